The second-order valence-electron chi connectivity index (χ2n) is 11.1. The number of carboxylic acids is 1. The van der Waals surface area contributed by atoms with E-state index in [4.69, 9.17) is 17.2 Å². The Morgan fingerprint density at radius 3 is 1.94 bits per heavy atom. The molecule has 1 unspecified atom stereocenters. The van der Waals surface area contributed by atoms with Crippen LogP contribution in [0.3, 0.4) is 0 Å². The van der Waals surface area contributed by atoms with Crippen LogP contribution < -0.4 is 54.4 Å². The van der Waals surface area contributed by atoms with E-state index in [1.54, 1.807) is 0 Å². The summed E-state index contributed by atoms with van der Waals surface area (Å²) in [5.41, 5.74) is 16.3. The van der Waals surface area contributed by atoms with Gasteiger partial charge in [-0.1, -0.05) is 0 Å². The number of aliphatic hydroxyl groups excluding tert-OH is 1. The molecule has 7 amide bonds. The Kier molecular flexibility index (Phi) is 17.3. The van der Waals surface area contributed by atoms with Gasteiger partial charge in [0, 0.05) is 20.0 Å². The van der Waals surface area contributed by atoms with E-state index in [0.717, 1.165) is 0 Å². The van der Waals surface area contributed by atoms with Crippen LogP contribution in [0.1, 0.15) is 52.9 Å². The van der Waals surface area contributed by atoms with E-state index < -0.39 is 96.2 Å². The van der Waals surface area contributed by atoms with Crippen molar-refractivity contribution < 1.29 is 48.6 Å². The van der Waals surface area contributed by atoms with Crippen molar-refractivity contribution in [2.24, 2.45) is 22.2 Å². The molecule has 1 aliphatic heterocycles. The van der Waals surface area contributed by atoms with Gasteiger partial charge in [0.15, 0.2) is 5.96 Å². The minimum Gasteiger partial charge on any atom is -0.480 e. The molecule has 0 saturated carbocycles. The molecule has 21 heteroatoms. The molecular weight excluding hydrogens is 638 g/mol. The van der Waals surface area contributed by atoms with Crippen LogP contribution in [0.15, 0.2) is 4.99 Å². The number of nitrogens with two attached hydrogens (primary N) is 3. The summed E-state index contributed by atoms with van der Waals surface area (Å²) in [5, 5.41) is 35.7. The van der Waals surface area contributed by atoms with Crippen molar-refractivity contribution in [1.82, 2.24) is 37.2 Å². The molecule has 0 aliphatic carbocycles. The fourth-order valence-electron chi connectivity index (χ4n) is 4.35. The van der Waals surface area contributed by atoms with Gasteiger partial charge < -0.3 is 64.6 Å². The maximum atomic E-state index is 13.2. The predicted molar refractivity (Wildman–Crippen MR) is 168 cm³/mol. The Hall–Kier alpha value is -5.05. The molecule has 21 nitrogen and oxygen atoms in total. The topological polar surface area (TPSA) is 352 Å². The molecule has 1 heterocycles. The first-order chi connectivity index (χ1) is 22.5. The lowest BCUT2D eigenvalue weighted by atomic mass is 10.0. The number of amides is 7. The molecule has 1 saturated heterocycles. The number of carbonyl (C=O) groups is 8. The fourth-order valence-corrected chi connectivity index (χ4v) is 4.35. The summed E-state index contributed by atoms with van der Waals surface area (Å²) in [4.78, 5) is 104. The van der Waals surface area contributed by atoms with E-state index in [9.17, 15) is 48.6 Å². The van der Waals surface area contributed by atoms with Gasteiger partial charge >= 0.3 is 5.97 Å². The number of carbonyl (C=O) groups excluding carboxylic acids is 7. The Balaban J connectivity index is 3.10. The molecule has 0 aromatic carbocycles. The Morgan fingerprint density at radius 2 is 1.40 bits per heavy atom. The average Bonchev–Trinajstić information content (AvgIpc) is 3.01. The zero-order valence-corrected chi connectivity index (χ0v) is 27.0. The summed E-state index contributed by atoms with van der Waals surface area (Å²) in [6.45, 7) is 3.25. The highest BCUT2D eigenvalue weighted by molar-refractivity contribution is 5.99. The average molecular weight is 686 g/mol. The Labute approximate surface area is 276 Å². The van der Waals surface area contributed by atoms with Crippen molar-refractivity contribution in [3.8, 4) is 0 Å². The molecule has 7 atom stereocenters. The zero-order chi connectivity index (χ0) is 36.6. The minimum absolute atomic E-state index is 0.0753. The number of guanidine groups is 1. The molecule has 1 rings (SSSR count). The molecule has 15 N–H and O–H groups in total. The molecule has 1 aliphatic rings. The number of aliphatic carboxylic acids is 1. The second kappa shape index (κ2) is 20.2. The van der Waals surface area contributed by atoms with Crippen molar-refractivity contribution in [1.29, 1.82) is 0 Å². The van der Waals surface area contributed by atoms with Crippen molar-refractivity contribution in [3.05, 3.63) is 0 Å². The first kappa shape index (κ1) is 41.0. The molecule has 0 spiro atoms. The van der Waals surface area contributed by atoms with Crippen molar-refractivity contribution in [2.75, 3.05) is 19.7 Å². The van der Waals surface area contributed by atoms with E-state index in [1.807, 2.05) is 0 Å². The molecule has 0 aromatic heterocycles. The molecule has 1 fully saturated rings. The molecular formula is C27H47N11O10. The Bertz CT molecular complexity index is 1230. The van der Waals surface area contributed by atoms with E-state index in [-0.39, 0.29) is 44.7 Å². The number of aliphatic imine (C=N–C) groups is 1. The predicted octanol–water partition coefficient (Wildman–Crippen LogP) is -6.29. The van der Waals surface area contributed by atoms with Gasteiger partial charge in [-0.15, -0.1) is 0 Å². The third-order valence-corrected chi connectivity index (χ3v) is 7.04. The number of hydrogen-bond acceptors (Lipinski definition) is 11. The summed E-state index contributed by atoms with van der Waals surface area (Å²) in [5.74, 6) is -7.51. The number of rotatable bonds is 14. The van der Waals surface area contributed by atoms with Crippen molar-refractivity contribution >= 4 is 53.3 Å². The van der Waals surface area contributed by atoms with Crippen LogP contribution in [0.4, 0.5) is 0 Å². The van der Waals surface area contributed by atoms with E-state index in [1.165, 1.54) is 20.8 Å². The SMILES string of the molecule is CC(=O)N[C@@H](CCCN=C(N)N)C(=O)NCCCC[C@@H]1NC(=O)[C@H](C(N)C(=O)O)NC(=O)[C@H](C)NC(=O)[C@H](CO)NC(=O)[C@H](C)NC1=O. The van der Waals surface area contributed by atoms with Crippen LogP contribution in [0.5, 0.6) is 0 Å². The second-order valence-corrected chi connectivity index (χ2v) is 11.1. The van der Waals surface area contributed by atoms with Crippen molar-refractivity contribution in [3.63, 3.8) is 0 Å². The highest BCUT2D eigenvalue weighted by Gasteiger charge is 2.37. The number of hydrogen-bond donors (Lipinski definition) is 12. The lowest BCUT2D eigenvalue weighted by Crippen LogP contribution is -2.63. The van der Waals surface area contributed by atoms with Crippen LogP contribution in [-0.4, -0.2) is 125 Å². The molecule has 48 heavy (non-hydrogen) atoms. The monoisotopic (exact) mass is 685 g/mol. The van der Waals surface area contributed by atoms with E-state index in [0.29, 0.717) is 6.42 Å². The molecule has 0 aromatic rings. The molecule has 0 radical (unpaired) electrons. The fraction of sp³-hybridized carbons (Fsp3) is 0.667. The summed E-state index contributed by atoms with van der Waals surface area (Å²) >= 11 is 0. The summed E-state index contributed by atoms with van der Waals surface area (Å²) in [6.07, 6.45) is 1.07. The van der Waals surface area contributed by atoms with Gasteiger partial charge in [-0.25, -0.2) is 0 Å². The highest BCUT2D eigenvalue weighted by Crippen LogP contribution is 2.06. The zero-order valence-electron chi connectivity index (χ0n) is 27.0. The number of carboxylic acid groups (broad SMARTS) is 1. The standard InChI is InChI=1S/C27H47N11O10/c1-12-20(41)37-17(11-39)24(45)34-13(2)21(42)38-19(18(28)26(47)48)25(46)36-16(23(44)33-12)7-4-5-9-31-22(43)15(35-14(3)40)8-6-10-32-27(29)30/h12-13,15-19,39H,4-11,28H2,1-3H3,(H,31,43)(H,33,44)(H,34,45)(H,35,40)(H,36,46)(H,37,41)(H,38,42)(H,47,48)(H4,29,30,32)/t12-,13-,15-,16-,17-,18?,19-/m0/s1. The highest BCUT2D eigenvalue weighted by atomic mass is 16.4. The third kappa shape index (κ3) is 14.2. The quantitative estimate of drug-likeness (QED) is 0.0460. The number of nitrogens with one attached hydrogen (secondary N) is 7. The number of nitrogens with zero attached hydrogens (tertiary/aromatic N) is 1. The normalized spacial score (nSPS) is 23.7. The third-order valence-electron chi connectivity index (χ3n) is 7.04. The van der Waals surface area contributed by atoms with Gasteiger partial charge in [-0.05, 0) is 46.0 Å². The van der Waals surface area contributed by atoms with Crippen LogP contribution in [0.2, 0.25) is 0 Å². The minimum atomic E-state index is -1.96. The first-order valence-corrected chi connectivity index (χ1v) is 15.2. The van der Waals surface area contributed by atoms with Crippen LogP contribution in [-0.2, 0) is 38.4 Å². The summed E-state index contributed by atoms with van der Waals surface area (Å²) in [7, 11) is 0. The van der Waals surface area contributed by atoms with E-state index in [2.05, 4.69) is 42.2 Å². The van der Waals surface area contributed by atoms with Gasteiger partial charge in [0.2, 0.25) is 41.4 Å². The molecule has 0 bridgehead atoms. The smallest absolute Gasteiger partial charge is 0.323 e. The van der Waals surface area contributed by atoms with Crippen LogP contribution >= 0.6 is 0 Å². The largest absolute Gasteiger partial charge is 0.480 e. The van der Waals surface area contributed by atoms with Crippen LogP contribution in [0, 0.1) is 0 Å². The van der Waals surface area contributed by atoms with Gasteiger partial charge in [-0.2, -0.15) is 0 Å². The van der Waals surface area contributed by atoms with E-state index >= 15 is 0 Å². The van der Waals surface area contributed by atoms with Gasteiger partial charge in [0.05, 0.1) is 6.61 Å². The van der Waals surface area contributed by atoms with Crippen LogP contribution in [0.25, 0.3) is 0 Å². The maximum absolute atomic E-state index is 13.2. The molecule has 270 valence electrons. The van der Waals surface area contributed by atoms with Gasteiger partial charge in [-0.3, -0.25) is 43.3 Å². The van der Waals surface area contributed by atoms with Gasteiger partial charge in [0.25, 0.3) is 0 Å². The lowest BCUT2D eigenvalue weighted by Gasteiger charge is -2.26. The number of aliphatic hydroxyl groups is 1. The first-order valence-electron chi connectivity index (χ1n) is 15.2. The summed E-state index contributed by atoms with van der Waals surface area (Å²) in [6, 6.07) is -10.2. The van der Waals surface area contributed by atoms with Gasteiger partial charge in [0.1, 0.15) is 42.3 Å². The number of unbranched alkanes of at least 4 members (excludes halogenated alkanes) is 1. The Morgan fingerprint density at radius 1 is 0.833 bits per heavy atom. The maximum Gasteiger partial charge on any atom is 0.323 e. The lowest BCUT2D eigenvalue weighted by molar-refractivity contribution is -0.143. The van der Waals surface area contributed by atoms with Crippen molar-refractivity contribution in [2.45, 2.75) is 95.2 Å². The summed E-state index contributed by atoms with van der Waals surface area (Å²) < 4.78 is 0.